The molecule has 0 fully saturated rings. The first-order chi connectivity index (χ1) is 14.5. The van der Waals surface area contributed by atoms with Crippen molar-refractivity contribution < 1.29 is 4.79 Å². The van der Waals surface area contributed by atoms with Gasteiger partial charge in [0, 0.05) is 47.8 Å². The number of aromatic nitrogens is 1. The van der Waals surface area contributed by atoms with E-state index in [0.717, 1.165) is 53.8 Å². The van der Waals surface area contributed by atoms with E-state index in [0.29, 0.717) is 12.6 Å². The zero-order valence-electron chi connectivity index (χ0n) is 18.4. The standard InChI is InChI=1S/C25H32N4O/c1-5-20(6-2)26-13-16-7-8-22-18(9-16)12-23(28-22)21-11-17(15-29(3)4)10-19-14-27-25(30)24(19)21/h7-12,20,26,28H,5-6,13-15H2,1-4H3,(H,27,30). The smallest absolute Gasteiger partial charge is 0.252 e. The van der Waals surface area contributed by atoms with E-state index < -0.39 is 0 Å². The van der Waals surface area contributed by atoms with Crippen LogP contribution in [0.25, 0.3) is 22.2 Å². The van der Waals surface area contributed by atoms with Gasteiger partial charge in [0.25, 0.3) is 5.91 Å². The second-order valence-electron chi connectivity index (χ2n) is 8.60. The molecule has 4 rings (SSSR count). The number of benzene rings is 2. The highest BCUT2D eigenvalue weighted by Gasteiger charge is 2.25. The Morgan fingerprint density at radius 2 is 1.87 bits per heavy atom. The van der Waals surface area contributed by atoms with E-state index in [1.54, 1.807) is 0 Å². The largest absolute Gasteiger partial charge is 0.355 e. The van der Waals surface area contributed by atoms with Crippen LogP contribution in [-0.2, 0) is 19.6 Å². The minimum Gasteiger partial charge on any atom is -0.355 e. The van der Waals surface area contributed by atoms with Gasteiger partial charge in [-0.15, -0.1) is 0 Å². The molecule has 2 aromatic carbocycles. The van der Waals surface area contributed by atoms with Crippen molar-refractivity contribution in [2.24, 2.45) is 0 Å². The van der Waals surface area contributed by atoms with Crippen LogP contribution in [0.3, 0.4) is 0 Å². The average Bonchev–Trinajstić information content (AvgIpc) is 3.31. The molecule has 30 heavy (non-hydrogen) atoms. The Labute approximate surface area is 178 Å². The summed E-state index contributed by atoms with van der Waals surface area (Å²) in [5.41, 5.74) is 7.49. The van der Waals surface area contributed by atoms with E-state index in [9.17, 15) is 4.79 Å². The van der Waals surface area contributed by atoms with Gasteiger partial charge in [-0.2, -0.15) is 0 Å². The number of hydrogen-bond donors (Lipinski definition) is 3. The van der Waals surface area contributed by atoms with Crippen molar-refractivity contribution >= 4 is 16.8 Å². The highest BCUT2D eigenvalue weighted by Crippen LogP contribution is 2.33. The van der Waals surface area contributed by atoms with Crippen LogP contribution in [0.15, 0.2) is 36.4 Å². The summed E-state index contributed by atoms with van der Waals surface area (Å²) in [6, 6.07) is 13.6. The Morgan fingerprint density at radius 1 is 1.07 bits per heavy atom. The third-order valence-corrected chi connectivity index (χ3v) is 6.00. The monoisotopic (exact) mass is 404 g/mol. The Morgan fingerprint density at radius 3 is 2.60 bits per heavy atom. The maximum atomic E-state index is 12.5. The summed E-state index contributed by atoms with van der Waals surface area (Å²) in [5, 5.41) is 7.80. The molecule has 0 unspecified atom stereocenters. The van der Waals surface area contributed by atoms with Gasteiger partial charge in [0.15, 0.2) is 0 Å². The number of hydrogen-bond acceptors (Lipinski definition) is 3. The number of H-pyrrole nitrogens is 1. The fourth-order valence-corrected chi connectivity index (χ4v) is 4.39. The Kier molecular flexibility index (Phi) is 5.93. The first kappa shape index (κ1) is 20.6. The maximum absolute atomic E-state index is 12.5. The van der Waals surface area contributed by atoms with Gasteiger partial charge in [-0.05, 0) is 67.9 Å². The molecule has 0 atom stereocenters. The highest BCUT2D eigenvalue weighted by molar-refractivity contribution is 6.05. The van der Waals surface area contributed by atoms with Crippen molar-refractivity contribution in [1.29, 1.82) is 0 Å². The summed E-state index contributed by atoms with van der Waals surface area (Å²) in [5.74, 6) is 0.0186. The number of rotatable bonds is 8. The van der Waals surface area contributed by atoms with Gasteiger partial charge in [0.2, 0.25) is 0 Å². The first-order valence-electron chi connectivity index (χ1n) is 10.9. The molecule has 0 radical (unpaired) electrons. The lowest BCUT2D eigenvalue weighted by Crippen LogP contribution is -2.26. The highest BCUT2D eigenvalue weighted by atomic mass is 16.1. The minimum absolute atomic E-state index is 0.0186. The number of carbonyl (C=O) groups excluding carboxylic acids is 1. The van der Waals surface area contributed by atoms with E-state index in [-0.39, 0.29) is 5.91 Å². The van der Waals surface area contributed by atoms with Gasteiger partial charge >= 0.3 is 0 Å². The van der Waals surface area contributed by atoms with Crippen molar-refractivity contribution in [3.8, 4) is 11.3 Å². The molecular weight excluding hydrogens is 372 g/mol. The topological polar surface area (TPSA) is 60.2 Å². The van der Waals surface area contributed by atoms with Gasteiger partial charge in [-0.1, -0.05) is 26.0 Å². The molecule has 5 heteroatoms. The fraction of sp³-hybridized carbons (Fsp3) is 0.400. The van der Waals surface area contributed by atoms with Crippen LogP contribution in [0, 0.1) is 0 Å². The van der Waals surface area contributed by atoms with Crippen molar-refractivity contribution in [2.45, 2.75) is 52.4 Å². The normalized spacial score (nSPS) is 13.5. The van der Waals surface area contributed by atoms with E-state index in [2.05, 4.69) is 84.9 Å². The number of aromatic amines is 1. The molecule has 0 aliphatic carbocycles. The SMILES string of the molecule is CCC(CC)NCc1ccc2[nH]c(-c3cc(CN(C)C)cc4c3C(=O)NC4)cc2c1. The van der Waals surface area contributed by atoms with Crippen LogP contribution in [0.4, 0.5) is 0 Å². The molecule has 1 aromatic heterocycles. The van der Waals surface area contributed by atoms with E-state index in [4.69, 9.17) is 0 Å². The van der Waals surface area contributed by atoms with Crippen molar-refractivity contribution in [3.63, 3.8) is 0 Å². The predicted octanol–water partition coefficient (Wildman–Crippen LogP) is 4.42. The molecule has 0 spiro atoms. The molecule has 158 valence electrons. The Hall–Kier alpha value is -2.63. The van der Waals surface area contributed by atoms with Crippen LogP contribution in [-0.4, -0.2) is 35.9 Å². The zero-order chi connectivity index (χ0) is 21.3. The van der Waals surface area contributed by atoms with Gasteiger partial charge in [0.1, 0.15) is 0 Å². The van der Waals surface area contributed by atoms with E-state index in [1.165, 1.54) is 16.5 Å². The van der Waals surface area contributed by atoms with Gasteiger partial charge in [-0.3, -0.25) is 4.79 Å². The molecule has 3 aromatic rings. The van der Waals surface area contributed by atoms with Crippen LogP contribution in [0.5, 0.6) is 0 Å². The molecule has 3 N–H and O–H groups in total. The van der Waals surface area contributed by atoms with E-state index in [1.807, 2.05) is 0 Å². The summed E-state index contributed by atoms with van der Waals surface area (Å²) in [4.78, 5) is 18.2. The Bertz CT molecular complexity index is 1060. The summed E-state index contributed by atoms with van der Waals surface area (Å²) in [6.45, 7) is 6.78. The molecule has 0 saturated carbocycles. The number of nitrogens with one attached hydrogen (secondary N) is 3. The van der Waals surface area contributed by atoms with Crippen molar-refractivity contribution in [3.05, 3.63) is 58.7 Å². The molecule has 0 saturated heterocycles. The molecule has 5 nitrogen and oxygen atoms in total. The van der Waals surface area contributed by atoms with Crippen LogP contribution < -0.4 is 10.6 Å². The van der Waals surface area contributed by atoms with Gasteiger partial charge in [0.05, 0.1) is 5.56 Å². The number of carbonyl (C=O) groups is 1. The third-order valence-electron chi connectivity index (χ3n) is 6.00. The van der Waals surface area contributed by atoms with Crippen LogP contribution >= 0.6 is 0 Å². The summed E-state index contributed by atoms with van der Waals surface area (Å²) in [6.07, 6.45) is 2.28. The second kappa shape index (κ2) is 8.62. The fourth-order valence-electron chi connectivity index (χ4n) is 4.39. The third kappa shape index (κ3) is 4.13. The van der Waals surface area contributed by atoms with Gasteiger partial charge in [-0.25, -0.2) is 0 Å². The number of nitrogens with zero attached hydrogens (tertiary/aromatic N) is 1. The summed E-state index contributed by atoms with van der Waals surface area (Å²) >= 11 is 0. The molecule has 1 amide bonds. The zero-order valence-corrected chi connectivity index (χ0v) is 18.4. The molecule has 0 bridgehead atoms. The molecule has 2 heterocycles. The molecule has 1 aliphatic heterocycles. The first-order valence-corrected chi connectivity index (χ1v) is 10.9. The van der Waals surface area contributed by atoms with Crippen LogP contribution in [0.1, 0.15) is 53.7 Å². The molecule has 1 aliphatic rings. The second-order valence-corrected chi connectivity index (χ2v) is 8.60. The lowest BCUT2D eigenvalue weighted by molar-refractivity contribution is 0.0966. The van der Waals surface area contributed by atoms with E-state index >= 15 is 0 Å². The van der Waals surface area contributed by atoms with Crippen molar-refractivity contribution in [1.82, 2.24) is 20.5 Å². The van der Waals surface area contributed by atoms with Gasteiger partial charge < -0.3 is 20.5 Å². The Balaban J connectivity index is 1.69. The maximum Gasteiger partial charge on any atom is 0.252 e. The predicted molar refractivity (Wildman–Crippen MR) is 124 cm³/mol. The summed E-state index contributed by atoms with van der Waals surface area (Å²) in [7, 11) is 4.13. The lowest BCUT2D eigenvalue weighted by Gasteiger charge is -2.14. The number of amides is 1. The quantitative estimate of drug-likeness (QED) is 0.521. The lowest BCUT2D eigenvalue weighted by atomic mass is 9.97. The molecular formula is C25H32N4O. The number of fused-ring (bicyclic) bond motifs is 2. The van der Waals surface area contributed by atoms with Crippen molar-refractivity contribution in [2.75, 3.05) is 14.1 Å². The minimum atomic E-state index is 0.0186. The summed E-state index contributed by atoms with van der Waals surface area (Å²) < 4.78 is 0. The van der Waals surface area contributed by atoms with Crippen LogP contribution in [0.2, 0.25) is 0 Å². The average molecular weight is 405 g/mol.